The number of nitrogens with zero attached hydrogens (tertiary/aromatic N) is 1. The highest BCUT2D eigenvalue weighted by molar-refractivity contribution is 5.95. The van der Waals surface area contributed by atoms with E-state index in [4.69, 9.17) is 9.84 Å². The first-order valence-electron chi connectivity index (χ1n) is 7.72. The van der Waals surface area contributed by atoms with E-state index in [2.05, 4.69) is 10.3 Å². The van der Waals surface area contributed by atoms with Crippen molar-refractivity contribution < 1.29 is 19.4 Å². The molecule has 2 fully saturated rings. The van der Waals surface area contributed by atoms with Gasteiger partial charge in [-0.3, -0.25) is 9.78 Å². The summed E-state index contributed by atoms with van der Waals surface area (Å²) in [4.78, 5) is 27.2. The highest BCUT2D eigenvalue weighted by atomic mass is 16.5. The smallest absolute Gasteiger partial charge is 0.335 e. The third-order valence-electron chi connectivity index (χ3n) is 4.58. The fourth-order valence-corrected chi connectivity index (χ4v) is 3.47. The van der Waals surface area contributed by atoms with Crippen molar-refractivity contribution in [1.82, 2.24) is 10.3 Å². The lowest BCUT2D eigenvalue weighted by molar-refractivity contribution is -0.0823. The molecule has 0 bridgehead atoms. The number of carboxylic acid groups (broad SMARTS) is 1. The number of carboxylic acids is 1. The molecule has 2 N–H and O–H groups in total. The van der Waals surface area contributed by atoms with Crippen molar-refractivity contribution in [1.29, 1.82) is 0 Å². The second-order valence-corrected chi connectivity index (χ2v) is 6.14. The maximum atomic E-state index is 12.3. The minimum atomic E-state index is -1.06. The minimum Gasteiger partial charge on any atom is -0.478 e. The van der Waals surface area contributed by atoms with Crippen LogP contribution in [0.2, 0.25) is 0 Å². The number of aromatic nitrogens is 1. The van der Waals surface area contributed by atoms with Gasteiger partial charge in [-0.15, -0.1) is 0 Å². The zero-order chi connectivity index (χ0) is 15.6. The van der Waals surface area contributed by atoms with Crippen LogP contribution >= 0.6 is 0 Å². The Morgan fingerprint density at radius 3 is 2.86 bits per heavy atom. The molecule has 0 aromatic carbocycles. The van der Waals surface area contributed by atoms with Crippen molar-refractivity contribution in [2.24, 2.45) is 0 Å². The molecule has 6 nitrogen and oxygen atoms in total. The predicted molar refractivity (Wildman–Crippen MR) is 78.8 cm³/mol. The van der Waals surface area contributed by atoms with Crippen LogP contribution in [0.25, 0.3) is 0 Å². The van der Waals surface area contributed by atoms with E-state index in [1.54, 1.807) is 0 Å². The van der Waals surface area contributed by atoms with Crippen molar-refractivity contribution in [2.45, 2.75) is 50.2 Å². The van der Waals surface area contributed by atoms with Gasteiger partial charge in [-0.05, 0) is 37.8 Å². The zero-order valence-corrected chi connectivity index (χ0v) is 12.4. The Hall–Kier alpha value is -1.95. The molecule has 1 aliphatic heterocycles. The number of hydrogen-bond acceptors (Lipinski definition) is 4. The largest absolute Gasteiger partial charge is 0.478 e. The van der Waals surface area contributed by atoms with Crippen molar-refractivity contribution >= 4 is 11.9 Å². The second kappa shape index (κ2) is 6.04. The van der Waals surface area contributed by atoms with Gasteiger partial charge in [0.25, 0.3) is 5.91 Å². The van der Waals surface area contributed by atoms with E-state index in [0.29, 0.717) is 6.61 Å². The Balaban J connectivity index is 1.66. The van der Waals surface area contributed by atoms with Crippen LogP contribution in [0, 0.1) is 0 Å². The van der Waals surface area contributed by atoms with Crippen LogP contribution in [0.4, 0.5) is 0 Å². The number of aromatic carboxylic acids is 1. The lowest BCUT2D eigenvalue weighted by Crippen LogP contribution is -2.47. The van der Waals surface area contributed by atoms with E-state index in [-0.39, 0.29) is 28.8 Å². The van der Waals surface area contributed by atoms with Gasteiger partial charge in [-0.25, -0.2) is 4.79 Å². The summed E-state index contributed by atoms with van der Waals surface area (Å²) in [7, 11) is 0. The van der Waals surface area contributed by atoms with Crippen LogP contribution in [0.15, 0.2) is 18.3 Å². The van der Waals surface area contributed by atoms with Crippen molar-refractivity contribution in [3.05, 3.63) is 29.6 Å². The minimum absolute atomic E-state index is 0.0630. The number of rotatable bonds is 3. The third kappa shape index (κ3) is 3.11. The monoisotopic (exact) mass is 304 g/mol. The van der Waals surface area contributed by atoms with E-state index >= 15 is 0 Å². The molecule has 1 amide bonds. The van der Waals surface area contributed by atoms with Gasteiger partial charge in [0.15, 0.2) is 0 Å². The van der Waals surface area contributed by atoms with Gasteiger partial charge >= 0.3 is 5.97 Å². The Morgan fingerprint density at radius 1 is 1.36 bits per heavy atom. The molecule has 1 saturated heterocycles. The lowest BCUT2D eigenvalue weighted by Gasteiger charge is -2.38. The molecular formula is C16H20N2O4. The van der Waals surface area contributed by atoms with Gasteiger partial charge in [0, 0.05) is 18.8 Å². The predicted octanol–water partition coefficient (Wildman–Crippen LogP) is 2.00. The van der Waals surface area contributed by atoms with Crippen LogP contribution in [-0.4, -0.2) is 40.2 Å². The molecule has 1 aliphatic carbocycles. The van der Waals surface area contributed by atoms with E-state index in [0.717, 1.165) is 25.7 Å². The van der Waals surface area contributed by atoms with Crippen molar-refractivity contribution in [3.8, 4) is 0 Å². The molecule has 1 atom stereocenters. The maximum Gasteiger partial charge on any atom is 0.335 e. The summed E-state index contributed by atoms with van der Waals surface area (Å²) in [5.41, 5.74) is 0.151. The summed E-state index contributed by atoms with van der Waals surface area (Å²) < 4.78 is 5.95. The van der Waals surface area contributed by atoms with Crippen molar-refractivity contribution in [2.75, 3.05) is 6.61 Å². The number of hydrogen-bond donors (Lipinski definition) is 2. The Kier molecular flexibility index (Phi) is 4.11. The molecule has 1 aromatic heterocycles. The SMILES string of the molecule is O=C(O)c1ccnc(C(=O)NC2CCOC3(CCCC3)C2)c1. The average molecular weight is 304 g/mol. The van der Waals surface area contributed by atoms with Gasteiger partial charge in [0.2, 0.25) is 0 Å². The molecule has 2 aliphatic rings. The van der Waals surface area contributed by atoms with E-state index in [9.17, 15) is 9.59 Å². The number of amides is 1. The fourth-order valence-electron chi connectivity index (χ4n) is 3.47. The van der Waals surface area contributed by atoms with Gasteiger partial charge in [0.1, 0.15) is 5.69 Å². The van der Waals surface area contributed by atoms with Crippen LogP contribution in [0.5, 0.6) is 0 Å². The summed E-state index contributed by atoms with van der Waals surface area (Å²) in [6, 6.07) is 2.75. The van der Waals surface area contributed by atoms with Crippen LogP contribution in [-0.2, 0) is 4.74 Å². The quantitative estimate of drug-likeness (QED) is 0.891. The van der Waals surface area contributed by atoms with Crippen LogP contribution < -0.4 is 5.32 Å². The number of carbonyl (C=O) groups is 2. The van der Waals surface area contributed by atoms with Crippen molar-refractivity contribution in [3.63, 3.8) is 0 Å². The highest BCUT2D eigenvalue weighted by Gasteiger charge is 2.40. The maximum absolute atomic E-state index is 12.3. The topological polar surface area (TPSA) is 88.5 Å². The molecule has 0 radical (unpaired) electrons. The molecule has 1 spiro atoms. The second-order valence-electron chi connectivity index (χ2n) is 6.14. The highest BCUT2D eigenvalue weighted by Crippen LogP contribution is 2.39. The Bertz CT molecular complexity index is 581. The summed E-state index contributed by atoms with van der Waals surface area (Å²) in [5.74, 6) is -1.38. The molecule has 22 heavy (non-hydrogen) atoms. The number of carbonyl (C=O) groups excluding carboxylic acids is 1. The van der Waals surface area contributed by atoms with Gasteiger partial charge in [0.05, 0.1) is 11.2 Å². The number of ether oxygens (including phenoxy) is 1. The van der Waals surface area contributed by atoms with E-state index in [1.165, 1.54) is 31.2 Å². The first-order chi connectivity index (χ1) is 10.6. The van der Waals surface area contributed by atoms with Crippen LogP contribution in [0.1, 0.15) is 59.4 Å². The lowest BCUT2D eigenvalue weighted by atomic mass is 9.89. The first-order valence-corrected chi connectivity index (χ1v) is 7.72. The van der Waals surface area contributed by atoms with E-state index in [1.807, 2.05) is 0 Å². The normalized spacial score (nSPS) is 23.4. The standard InChI is InChI=1S/C16H20N2O4/c19-14(13-9-11(15(20)21)3-7-17-13)18-12-4-8-22-16(10-12)5-1-2-6-16/h3,7,9,12H,1-2,4-6,8,10H2,(H,18,19)(H,20,21). The molecule has 6 heteroatoms. The van der Waals surface area contributed by atoms with Gasteiger partial charge in [-0.1, -0.05) is 12.8 Å². The van der Waals surface area contributed by atoms with Gasteiger partial charge in [-0.2, -0.15) is 0 Å². The Labute approximate surface area is 128 Å². The van der Waals surface area contributed by atoms with E-state index < -0.39 is 5.97 Å². The molecule has 1 saturated carbocycles. The number of nitrogens with one attached hydrogen (secondary N) is 1. The first kappa shape index (κ1) is 15.0. The molecular weight excluding hydrogens is 284 g/mol. The fraction of sp³-hybridized carbons (Fsp3) is 0.562. The zero-order valence-electron chi connectivity index (χ0n) is 12.4. The third-order valence-corrected chi connectivity index (χ3v) is 4.58. The molecule has 1 unspecified atom stereocenters. The molecule has 3 rings (SSSR count). The summed E-state index contributed by atoms with van der Waals surface area (Å²) >= 11 is 0. The summed E-state index contributed by atoms with van der Waals surface area (Å²) in [5, 5.41) is 12.0. The number of pyridine rings is 1. The molecule has 1 aromatic rings. The summed E-state index contributed by atoms with van der Waals surface area (Å²) in [6.45, 7) is 0.660. The summed E-state index contributed by atoms with van der Waals surface area (Å²) in [6.07, 6.45) is 7.45. The Morgan fingerprint density at radius 2 is 2.14 bits per heavy atom. The van der Waals surface area contributed by atoms with Crippen LogP contribution in [0.3, 0.4) is 0 Å². The van der Waals surface area contributed by atoms with Gasteiger partial charge < -0.3 is 15.2 Å². The molecule has 118 valence electrons. The average Bonchev–Trinajstić information content (AvgIpc) is 2.95. The molecule has 2 heterocycles.